The highest BCUT2D eigenvalue weighted by atomic mass is 32.2. The molecule has 0 bridgehead atoms. The number of carbonyl (C=O) groups excluding carboxylic acids is 1. The Morgan fingerprint density at radius 2 is 2.36 bits per heavy atom. The number of thiophene rings is 1. The van der Waals surface area contributed by atoms with Crippen molar-refractivity contribution < 1.29 is 17.9 Å². The van der Waals surface area contributed by atoms with Crippen LogP contribution in [0.3, 0.4) is 0 Å². The number of hydrogen-bond acceptors (Lipinski definition) is 5. The maximum atomic E-state index is 12.4. The molecule has 0 aliphatic carbocycles. The van der Waals surface area contributed by atoms with Gasteiger partial charge in [-0.05, 0) is 23.8 Å². The van der Waals surface area contributed by atoms with Crippen LogP contribution >= 0.6 is 11.3 Å². The second-order valence-electron chi connectivity index (χ2n) is 5.93. The zero-order valence-electron chi connectivity index (χ0n) is 12.4. The minimum Gasteiger partial charge on any atom is -0.376 e. The van der Waals surface area contributed by atoms with E-state index in [1.54, 1.807) is 0 Å². The van der Waals surface area contributed by atoms with Crippen LogP contribution in [0.5, 0.6) is 0 Å². The summed E-state index contributed by atoms with van der Waals surface area (Å²) in [6.45, 7) is 2.31. The molecular weight excluding hydrogens is 324 g/mol. The standard InChI is InChI=1S/C14H20N2O4S2/c1-22(18,19)15-7-12-11-4-5-16(8-10(11)9-20-12)14(17)13-3-2-6-21-13/h2-3,6,10-12,15H,4-5,7-9H2,1H3/t10-,11-,12-/m0/s1. The third-order valence-corrected chi connectivity index (χ3v) is 5.91. The molecule has 1 aromatic rings. The average molecular weight is 344 g/mol. The van der Waals surface area contributed by atoms with E-state index in [9.17, 15) is 13.2 Å². The molecular formula is C14H20N2O4S2. The molecule has 2 aliphatic rings. The Morgan fingerprint density at radius 1 is 1.55 bits per heavy atom. The van der Waals surface area contributed by atoms with Crippen molar-refractivity contribution in [2.24, 2.45) is 11.8 Å². The van der Waals surface area contributed by atoms with Crippen molar-refractivity contribution in [3.8, 4) is 0 Å². The van der Waals surface area contributed by atoms with Crippen LogP contribution in [0.25, 0.3) is 0 Å². The van der Waals surface area contributed by atoms with Gasteiger partial charge in [0.05, 0.1) is 23.8 Å². The molecule has 0 aromatic carbocycles. The molecule has 2 fully saturated rings. The first-order valence-electron chi connectivity index (χ1n) is 7.33. The molecule has 3 rings (SSSR count). The third-order valence-electron chi connectivity index (χ3n) is 4.36. The zero-order valence-corrected chi connectivity index (χ0v) is 14.0. The van der Waals surface area contributed by atoms with Gasteiger partial charge in [0.25, 0.3) is 5.91 Å². The van der Waals surface area contributed by atoms with Gasteiger partial charge >= 0.3 is 0 Å². The third kappa shape index (κ3) is 3.51. The van der Waals surface area contributed by atoms with E-state index in [0.29, 0.717) is 38.1 Å². The number of fused-ring (bicyclic) bond motifs is 1. The molecule has 22 heavy (non-hydrogen) atoms. The highest BCUT2D eigenvalue weighted by Gasteiger charge is 2.42. The summed E-state index contributed by atoms with van der Waals surface area (Å²) in [6.07, 6.45) is 1.93. The van der Waals surface area contributed by atoms with Crippen LogP contribution in [0.2, 0.25) is 0 Å². The van der Waals surface area contributed by atoms with Crippen LogP contribution in [0.4, 0.5) is 0 Å². The molecule has 2 saturated heterocycles. The van der Waals surface area contributed by atoms with Crippen molar-refractivity contribution >= 4 is 27.3 Å². The second kappa shape index (κ2) is 6.27. The smallest absolute Gasteiger partial charge is 0.263 e. The minimum absolute atomic E-state index is 0.0845. The normalized spacial score (nSPS) is 28.6. The minimum atomic E-state index is -3.20. The van der Waals surface area contributed by atoms with E-state index in [-0.39, 0.29) is 12.0 Å². The maximum absolute atomic E-state index is 12.4. The number of likely N-dealkylation sites (tertiary alicyclic amines) is 1. The Hall–Kier alpha value is -0.960. The van der Waals surface area contributed by atoms with Crippen LogP contribution < -0.4 is 4.72 Å². The Balaban J connectivity index is 1.58. The van der Waals surface area contributed by atoms with Gasteiger partial charge in [0, 0.05) is 25.6 Å². The van der Waals surface area contributed by atoms with E-state index in [2.05, 4.69) is 4.72 Å². The van der Waals surface area contributed by atoms with E-state index in [4.69, 9.17) is 4.74 Å². The molecule has 3 atom stereocenters. The number of nitrogens with one attached hydrogen (secondary N) is 1. The fraction of sp³-hybridized carbons (Fsp3) is 0.643. The first kappa shape index (κ1) is 15.9. The summed E-state index contributed by atoms with van der Waals surface area (Å²) in [4.78, 5) is 15.1. The molecule has 0 radical (unpaired) electrons. The molecule has 3 heterocycles. The van der Waals surface area contributed by atoms with Crippen LogP contribution in [-0.4, -0.2) is 57.8 Å². The molecule has 122 valence electrons. The van der Waals surface area contributed by atoms with Crippen molar-refractivity contribution in [2.75, 3.05) is 32.5 Å². The number of hydrogen-bond donors (Lipinski definition) is 1. The molecule has 8 heteroatoms. The molecule has 1 aromatic heterocycles. The summed E-state index contributed by atoms with van der Waals surface area (Å²) in [6, 6.07) is 3.74. The lowest BCUT2D eigenvalue weighted by molar-refractivity contribution is 0.0621. The van der Waals surface area contributed by atoms with E-state index >= 15 is 0 Å². The lowest BCUT2D eigenvalue weighted by Gasteiger charge is -2.35. The number of amides is 1. The first-order chi connectivity index (χ1) is 10.4. The largest absolute Gasteiger partial charge is 0.376 e. The van der Waals surface area contributed by atoms with Crippen LogP contribution in [0.15, 0.2) is 17.5 Å². The lowest BCUT2D eigenvalue weighted by Crippen LogP contribution is -2.45. The molecule has 2 aliphatic heterocycles. The van der Waals surface area contributed by atoms with Gasteiger partial charge in [-0.15, -0.1) is 11.3 Å². The number of ether oxygens (including phenoxy) is 1. The molecule has 0 saturated carbocycles. The monoisotopic (exact) mass is 344 g/mol. The fourth-order valence-corrected chi connectivity index (χ4v) is 4.43. The van der Waals surface area contributed by atoms with E-state index < -0.39 is 10.0 Å². The van der Waals surface area contributed by atoms with Crippen molar-refractivity contribution in [3.05, 3.63) is 22.4 Å². The van der Waals surface area contributed by atoms with Gasteiger partial charge in [0.15, 0.2) is 0 Å². The van der Waals surface area contributed by atoms with Crippen molar-refractivity contribution in [1.82, 2.24) is 9.62 Å². The molecule has 1 amide bonds. The number of carbonyl (C=O) groups is 1. The summed E-state index contributed by atoms with van der Waals surface area (Å²) < 4.78 is 30.7. The molecule has 1 N–H and O–H groups in total. The summed E-state index contributed by atoms with van der Waals surface area (Å²) in [7, 11) is -3.20. The Bertz CT molecular complexity index is 629. The number of nitrogens with zero attached hydrogens (tertiary/aromatic N) is 1. The van der Waals surface area contributed by atoms with Gasteiger partial charge in [-0.25, -0.2) is 13.1 Å². The van der Waals surface area contributed by atoms with Crippen LogP contribution in [-0.2, 0) is 14.8 Å². The average Bonchev–Trinajstić information content (AvgIpc) is 3.12. The second-order valence-corrected chi connectivity index (χ2v) is 8.71. The van der Waals surface area contributed by atoms with Gasteiger partial charge in [-0.2, -0.15) is 0 Å². The van der Waals surface area contributed by atoms with E-state index in [0.717, 1.165) is 17.6 Å². The van der Waals surface area contributed by atoms with Gasteiger partial charge < -0.3 is 9.64 Å². The quantitative estimate of drug-likeness (QED) is 0.876. The SMILES string of the molecule is CS(=O)(=O)NC[C@@H]1OC[C@@H]2CN(C(=O)c3cccs3)CC[C@@H]21. The van der Waals surface area contributed by atoms with Crippen molar-refractivity contribution in [2.45, 2.75) is 12.5 Å². The topological polar surface area (TPSA) is 75.7 Å². The summed E-state index contributed by atoms with van der Waals surface area (Å²) in [5.74, 6) is 0.705. The van der Waals surface area contributed by atoms with Crippen LogP contribution in [0, 0.1) is 11.8 Å². The molecule has 0 unspecified atom stereocenters. The molecule has 6 nitrogen and oxygen atoms in total. The van der Waals surface area contributed by atoms with Gasteiger partial charge in [0.2, 0.25) is 10.0 Å². The summed E-state index contributed by atoms with van der Waals surface area (Å²) in [5.41, 5.74) is 0. The number of piperidine rings is 1. The maximum Gasteiger partial charge on any atom is 0.263 e. The van der Waals surface area contributed by atoms with Gasteiger partial charge in [-0.3, -0.25) is 4.79 Å². The highest BCUT2D eigenvalue weighted by Crippen LogP contribution is 2.34. The van der Waals surface area contributed by atoms with Crippen LogP contribution in [0.1, 0.15) is 16.1 Å². The summed E-state index contributed by atoms with van der Waals surface area (Å²) >= 11 is 1.46. The van der Waals surface area contributed by atoms with E-state index in [1.807, 2.05) is 22.4 Å². The zero-order chi connectivity index (χ0) is 15.7. The van der Waals surface area contributed by atoms with Gasteiger partial charge in [0.1, 0.15) is 0 Å². The highest BCUT2D eigenvalue weighted by molar-refractivity contribution is 7.88. The number of rotatable bonds is 4. The first-order valence-corrected chi connectivity index (χ1v) is 10.1. The Kier molecular flexibility index (Phi) is 4.54. The predicted molar refractivity (Wildman–Crippen MR) is 84.4 cm³/mol. The summed E-state index contributed by atoms with van der Waals surface area (Å²) in [5, 5.41) is 1.91. The van der Waals surface area contributed by atoms with E-state index in [1.165, 1.54) is 11.3 Å². The fourth-order valence-electron chi connectivity index (χ4n) is 3.27. The van der Waals surface area contributed by atoms with Gasteiger partial charge in [-0.1, -0.05) is 6.07 Å². The Morgan fingerprint density at radius 3 is 3.05 bits per heavy atom. The lowest BCUT2D eigenvalue weighted by atomic mass is 9.84. The molecule has 0 spiro atoms. The Labute approximate surface area is 134 Å². The van der Waals surface area contributed by atoms with Crippen molar-refractivity contribution in [1.29, 1.82) is 0 Å². The predicted octanol–water partition coefficient (Wildman–Crippen LogP) is 0.774. The number of sulfonamides is 1. The van der Waals surface area contributed by atoms with Crippen molar-refractivity contribution in [3.63, 3.8) is 0 Å².